The molecule has 2 rings (SSSR count). The van der Waals surface area contributed by atoms with Crippen molar-refractivity contribution in [2.24, 2.45) is 11.8 Å². The maximum Gasteiger partial charge on any atom is 0.307 e. The molecule has 6 nitrogen and oxygen atoms in total. The Bertz CT molecular complexity index is 649. The fourth-order valence-electron chi connectivity index (χ4n) is 2.66. The first-order chi connectivity index (χ1) is 11.4. The first kappa shape index (κ1) is 17.7. The number of carbonyl (C=O) groups excluding carboxylic acids is 2. The average Bonchev–Trinajstić information content (AvgIpc) is 2.54. The standard InChI is InChI=1S/C18H22N2O4/c1-11(2)19-16(21)12-7-9-13(10-8-12)20-17(22)14-5-3-4-6-15(14)18(23)24/h3-4,7-11,14-15H,5-6H2,1-2H3,(H,19,21)(H,20,22)(H,23,24)/t14-,15-/m1/s1. The lowest BCUT2D eigenvalue weighted by Gasteiger charge is -2.24. The Balaban J connectivity index is 2.02. The van der Waals surface area contributed by atoms with Crippen LogP contribution in [-0.4, -0.2) is 28.9 Å². The van der Waals surface area contributed by atoms with Crippen LogP contribution in [0.4, 0.5) is 5.69 Å². The van der Waals surface area contributed by atoms with E-state index in [1.807, 2.05) is 19.9 Å². The van der Waals surface area contributed by atoms with Crippen molar-refractivity contribution in [2.45, 2.75) is 32.7 Å². The molecular formula is C18H22N2O4. The van der Waals surface area contributed by atoms with Gasteiger partial charge < -0.3 is 15.7 Å². The van der Waals surface area contributed by atoms with E-state index in [9.17, 15) is 19.5 Å². The van der Waals surface area contributed by atoms with Gasteiger partial charge in [0.15, 0.2) is 0 Å². The van der Waals surface area contributed by atoms with Gasteiger partial charge in [0.25, 0.3) is 5.91 Å². The zero-order valence-electron chi connectivity index (χ0n) is 13.8. The number of hydrogen-bond donors (Lipinski definition) is 3. The number of amides is 2. The lowest BCUT2D eigenvalue weighted by atomic mass is 9.82. The molecule has 2 atom stereocenters. The van der Waals surface area contributed by atoms with Gasteiger partial charge >= 0.3 is 5.97 Å². The second-order valence-corrected chi connectivity index (χ2v) is 6.19. The van der Waals surface area contributed by atoms with Gasteiger partial charge in [-0.25, -0.2) is 0 Å². The van der Waals surface area contributed by atoms with E-state index >= 15 is 0 Å². The smallest absolute Gasteiger partial charge is 0.307 e. The third-order valence-corrected chi connectivity index (χ3v) is 3.92. The van der Waals surface area contributed by atoms with E-state index < -0.39 is 17.8 Å². The SMILES string of the molecule is CC(C)NC(=O)c1ccc(NC(=O)[C@@H]2CC=CC[C@H]2C(=O)O)cc1. The molecule has 1 aromatic rings. The molecule has 2 amide bonds. The fraction of sp³-hybridized carbons (Fsp3) is 0.389. The highest BCUT2D eigenvalue weighted by molar-refractivity contribution is 5.97. The van der Waals surface area contributed by atoms with Gasteiger partial charge in [0.2, 0.25) is 5.91 Å². The minimum absolute atomic E-state index is 0.0455. The van der Waals surface area contributed by atoms with Gasteiger partial charge in [0, 0.05) is 17.3 Å². The predicted octanol–water partition coefficient (Wildman–Crippen LogP) is 2.43. The van der Waals surface area contributed by atoms with Crippen LogP contribution in [0.1, 0.15) is 37.0 Å². The molecule has 0 aliphatic heterocycles. The number of nitrogens with one attached hydrogen (secondary N) is 2. The normalized spacial score (nSPS) is 19.8. The molecule has 1 aliphatic carbocycles. The number of benzene rings is 1. The molecule has 24 heavy (non-hydrogen) atoms. The zero-order valence-corrected chi connectivity index (χ0v) is 13.8. The molecule has 3 N–H and O–H groups in total. The number of anilines is 1. The zero-order chi connectivity index (χ0) is 17.7. The van der Waals surface area contributed by atoms with Crippen LogP contribution in [-0.2, 0) is 9.59 Å². The highest BCUT2D eigenvalue weighted by atomic mass is 16.4. The number of carbonyl (C=O) groups is 3. The number of carboxylic acids is 1. The number of rotatable bonds is 5. The minimum atomic E-state index is -0.958. The maximum atomic E-state index is 12.4. The Kier molecular flexibility index (Phi) is 5.73. The van der Waals surface area contributed by atoms with Crippen molar-refractivity contribution in [1.29, 1.82) is 0 Å². The molecule has 0 fully saturated rings. The Morgan fingerprint density at radius 1 is 1.04 bits per heavy atom. The molecule has 0 heterocycles. The van der Waals surface area contributed by atoms with E-state index in [4.69, 9.17) is 0 Å². The van der Waals surface area contributed by atoms with Crippen LogP contribution in [0.15, 0.2) is 36.4 Å². The third-order valence-electron chi connectivity index (χ3n) is 3.92. The van der Waals surface area contributed by atoms with Crippen LogP contribution in [0.2, 0.25) is 0 Å². The summed E-state index contributed by atoms with van der Waals surface area (Å²) < 4.78 is 0. The summed E-state index contributed by atoms with van der Waals surface area (Å²) in [5.74, 6) is -2.74. The monoisotopic (exact) mass is 330 g/mol. The molecule has 0 spiro atoms. The lowest BCUT2D eigenvalue weighted by Crippen LogP contribution is -2.34. The molecule has 128 valence electrons. The topological polar surface area (TPSA) is 95.5 Å². The molecule has 0 bridgehead atoms. The highest BCUT2D eigenvalue weighted by Gasteiger charge is 2.33. The summed E-state index contributed by atoms with van der Waals surface area (Å²) in [7, 11) is 0. The Labute approximate surface area is 140 Å². The van der Waals surface area contributed by atoms with Crippen molar-refractivity contribution in [3.05, 3.63) is 42.0 Å². The van der Waals surface area contributed by atoms with Crippen molar-refractivity contribution in [3.8, 4) is 0 Å². The van der Waals surface area contributed by atoms with Gasteiger partial charge in [-0.1, -0.05) is 12.2 Å². The van der Waals surface area contributed by atoms with Gasteiger partial charge in [-0.2, -0.15) is 0 Å². The summed E-state index contributed by atoms with van der Waals surface area (Å²) in [4.78, 5) is 35.5. The first-order valence-electron chi connectivity index (χ1n) is 7.98. The number of carboxylic acid groups (broad SMARTS) is 1. The summed E-state index contributed by atoms with van der Waals surface area (Å²) in [6.45, 7) is 3.76. The third kappa shape index (κ3) is 4.44. The minimum Gasteiger partial charge on any atom is -0.481 e. The molecule has 1 aromatic carbocycles. The summed E-state index contributed by atoms with van der Waals surface area (Å²) >= 11 is 0. The molecular weight excluding hydrogens is 308 g/mol. The molecule has 0 aromatic heterocycles. The Hall–Kier alpha value is -2.63. The second kappa shape index (κ2) is 7.77. The molecule has 0 saturated carbocycles. The van der Waals surface area contributed by atoms with E-state index in [0.29, 0.717) is 24.1 Å². The predicted molar refractivity (Wildman–Crippen MR) is 90.7 cm³/mol. The van der Waals surface area contributed by atoms with Gasteiger partial charge in [-0.05, 0) is 51.0 Å². The van der Waals surface area contributed by atoms with Gasteiger partial charge in [-0.15, -0.1) is 0 Å². The lowest BCUT2D eigenvalue weighted by molar-refractivity contribution is -0.146. The molecule has 0 unspecified atom stereocenters. The van der Waals surface area contributed by atoms with Crippen molar-refractivity contribution in [3.63, 3.8) is 0 Å². The molecule has 0 saturated heterocycles. The van der Waals surface area contributed by atoms with Crippen LogP contribution in [0.25, 0.3) is 0 Å². The van der Waals surface area contributed by atoms with E-state index in [0.717, 1.165) is 0 Å². The summed E-state index contributed by atoms with van der Waals surface area (Å²) in [6.07, 6.45) is 4.41. The van der Waals surface area contributed by atoms with Crippen LogP contribution in [0.3, 0.4) is 0 Å². The summed E-state index contributed by atoms with van der Waals surface area (Å²) in [6, 6.07) is 6.58. The van der Waals surface area contributed by atoms with E-state index in [1.54, 1.807) is 30.3 Å². The maximum absolute atomic E-state index is 12.4. The van der Waals surface area contributed by atoms with Crippen molar-refractivity contribution in [1.82, 2.24) is 5.32 Å². The van der Waals surface area contributed by atoms with Gasteiger partial charge in [-0.3, -0.25) is 14.4 Å². The van der Waals surface area contributed by atoms with Crippen LogP contribution < -0.4 is 10.6 Å². The first-order valence-corrected chi connectivity index (χ1v) is 7.98. The quantitative estimate of drug-likeness (QED) is 0.723. The van der Waals surface area contributed by atoms with Crippen molar-refractivity contribution >= 4 is 23.5 Å². The largest absolute Gasteiger partial charge is 0.481 e. The Morgan fingerprint density at radius 3 is 2.17 bits per heavy atom. The van der Waals surface area contributed by atoms with Gasteiger partial charge in [0.1, 0.15) is 0 Å². The van der Waals surface area contributed by atoms with Crippen LogP contribution >= 0.6 is 0 Å². The molecule has 0 radical (unpaired) electrons. The van der Waals surface area contributed by atoms with E-state index in [2.05, 4.69) is 10.6 Å². The van der Waals surface area contributed by atoms with E-state index in [1.165, 1.54) is 0 Å². The summed E-state index contributed by atoms with van der Waals surface area (Å²) in [5, 5.41) is 14.8. The number of hydrogen-bond acceptors (Lipinski definition) is 3. The van der Waals surface area contributed by atoms with Gasteiger partial charge in [0.05, 0.1) is 11.8 Å². The van der Waals surface area contributed by atoms with Crippen molar-refractivity contribution < 1.29 is 19.5 Å². The average molecular weight is 330 g/mol. The molecule has 1 aliphatic rings. The van der Waals surface area contributed by atoms with E-state index in [-0.39, 0.29) is 17.9 Å². The number of allylic oxidation sites excluding steroid dienone is 2. The molecule has 6 heteroatoms. The van der Waals surface area contributed by atoms with Crippen molar-refractivity contribution in [2.75, 3.05) is 5.32 Å². The number of aliphatic carboxylic acids is 1. The summed E-state index contributed by atoms with van der Waals surface area (Å²) in [5.41, 5.74) is 1.05. The fourth-order valence-corrected chi connectivity index (χ4v) is 2.66. The van der Waals surface area contributed by atoms with Crippen LogP contribution in [0.5, 0.6) is 0 Å². The van der Waals surface area contributed by atoms with Crippen LogP contribution in [0, 0.1) is 11.8 Å². The highest BCUT2D eigenvalue weighted by Crippen LogP contribution is 2.27. The Morgan fingerprint density at radius 2 is 1.62 bits per heavy atom. The second-order valence-electron chi connectivity index (χ2n) is 6.19.